The zero-order valence-corrected chi connectivity index (χ0v) is 20.4. The van der Waals surface area contributed by atoms with Crippen molar-refractivity contribution in [2.75, 3.05) is 0 Å². The highest BCUT2D eigenvalue weighted by Gasteiger charge is 2.37. The molecule has 0 amide bonds. The topological polar surface area (TPSA) is 60.7 Å². The van der Waals surface area contributed by atoms with Crippen LogP contribution in [-0.2, 0) is 10.8 Å². The summed E-state index contributed by atoms with van der Waals surface area (Å²) in [4.78, 5) is 0. The van der Waals surface area contributed by atoms with E-state index < -0.39 is 5.41 Å². The van der Waals surface area contributed by atoms with E-state index in [0.717, 1.165) is 38.9 Å². The standard InChI is InChI=1S/C31H32O3/c1-20-9-8-12-28(34)29(20)31(5,25-10-6-7-11-27(25)33)23-15-13-22(14-16-23)30(3,4)24-17-18-26(32)21(2)19-24/h6-19,32-34H,1-5H3. The molecule has 3 nitrogen and oxygen atoms in total. The van der Waals surface area contributed by atoms with Crippen molar-refractivity contribution >= 4 is 0 Å². The van der Waals surface area contributed by atoms with Gasteiger partial charge in [-0.2, -0.15) is 0 Å². The number of hydrogen-bond acceptors (Lipinski definition) is 3. The summed E-state index contributed by atoms with van der Waals surface area (Å²) in [5, 5.41) is 31.7. The van der Waals surface area contributed by atoms with Crippen molar-refractivity contribution in [1.82, 2.24) is 0 Å². The summed E-state index contributed by atoms with van der Waals surface area (Å²) < 4.78 is 0. The molecule has 0 fully saturated rings. The number of benzene rings is 4. The second kappa shape index (κ2) is 8.57. The predicted molar refractivity (Wildman–Crippen MR) is 138 cm³/mol. The van der Waals surface area contributed by atoms with Gasteiger partial charge in [-0.1, -0.05) is 80.6 Å². The summed E-state index contributed by atoms with van der Waals surface area (Å²) in [7, 11) is 0. The first-order valence-corrected chi connectivity index (χ1v) is 11.6. The van der Waals surface area contributed by atoms with E-state index in [1.807, 2.05) is 63.2 Å². The molecule has 0 bridgehead atoms. The minimum Gasteiger partial charge on any atom is -0.508 e. The maximum atomic E-state index is 10.9. The van der Waals surface area contributed by atoms with Crippen LogP contribution in [0.4, 0.5) is 0 Å². The lowest BCUT2D eigenvalue weighted by Gasteiger charge is -2.35. The van der Waals surface area contributed by atoms with Crippen molar-refractivity contribution in [1.29, 1.82) is 0 Å². The van der Waals surface area contributed by atoms with Gasteiger partial charge in [-0.3, -0.25) is 0 Å². The van der Waals surface area contributed by atoms with Gasteiger partial charge in [-0.05, 0) is 66.8 Å². The number of phenolic OH excluding ortho intramolecular Hbond substituents is 3. The van der Waals surface area contributed by atoms with E-state index in [2.05, 4.69) is 38.1 Å². The molecule has 3 N–H and O–H groups in total. The zero-order chi connectivity index (χ0) is 24.7. The van der Waals surface area contributed by atoms with Gasteiger partial charge in [0, 0.05) is 22.0 Å². The van der Waals surface area contributed by atoms with Crippen molar-refractivity contribution in [2.45, 2.75) is 45.4 Å². The van der Waals surface area contributed by atoms with Crippen LogP contribution in [0.15, 0.2) is 84.9 Å². The molecular formula is C31H32O3. The average molecular weight is 453 g/mol. The van der Waals surface area contributed by atoms with Gasteiger partial charge in [0.2, 0.25) is 0 Å². The van der Waals surface area contributed by atoms with Crippen molar-refractivity contribution in [3.05, 3.63) is 124 Å². The Labute approximate surface area is 202 Å². The molecule has 0 aliphatic heterocycles. The Morgan fingerprint density at radius 2 is 1.12 bits per heavy atom. The summed E-state index contributed by atoms with van der Waals surface area (Å²) in [6.07, 6.45) is 0. The largest absolute Gasteiger partial charge is 0.508 e. The minimum atomic E-state index is -0.765. The number of rotatable bonds is 5. The first-order chi connectivity index (χ1) is 16.1. The molecule has 0 radical (unpaired) electrons. The van der Waals surface area contributed by atoms with Crippen molar-refractivity contribution < 1.29 is 15.3 Å². The predicted octanol–water partition coefficient (Wildman–Crippen LogP) is 7.10. The average Bonchev–Trinajstić information content (AvgIpc) is 2.81. The van der Waals surface area contributed by atoms with E-state index in [1.54, 1.807) is 18.2 Å². The first kappa shape index (κ1) is 23.4. The maximum Gasteiger partial charge on any atom is 0.120 e. The van der Waals surface area contributed by atoms with Crippen molar-refractivity contribution in [2.24, 2.45) is 0 Å². The van der Waals surface area contributed by atoms with Gasteiger partial charge < -0.3 is 15.3 Å². The van der Waals surface area contributed by atoms with Crippen LogP contribution in [0, 0.1) is 13.8 Å². The lowest BCUT2D eigenvalue weighted by molar-refractivity contribution is 0.441. The molecule has 34 heavy (non-hydrogen) atoms. The van der Waals surface area contributed by atoms with Crippen LogP contribution in [0.2, 0.25) is 0 Å². The Kier molecular flexibility index (Phi) is 5.91. The smallest absolute Gasteiger partial charge is 0.120 e. The maximum absolute atomic E-state index is 10.9. The monoisotopic (exact) mass is 452 g/mol. The van der Waals surface area contributed by atoms with Gasteiger partial charge in [-0.25, -0.2) is 0 Å². The first-order valence-electron chi connectivity index (χ1n) is 11.6. The number of aromatic hydroxyl groups is 3. The zero-order valence-electron chi connectivity index (χ0n) is 20.4. The van der Waals surface area contributed by atoms with Crippen LogP contribution in [0.25, 0.3) is 0 Å². The lowest BCUT2D eigenvalue weighted by atomic mass is 9.68. The molecule has 1 atom stereocenters. The van der Waals surface area contributed by atoms with Crippen molar-refractivity contribution in [3.8, 4) is 17.2 Å². The molecule has 0 saturated heterocycles. The summed E-state index contributed by atoms with van der Waals surface area (Å²) in [5.74, 6) is 0.692. The lowest BCUT2D eigenvalue weighted by Crippen LogP contribution is -2.27. The molecule has 4 rings (SSSR count). The summed E-state index contributed by atoms with van der Waals surface area (Å²) in [6, 6.07) is 27.0. The Balaban J connectivity index is 1.88. The van der Waals surface area contributed by atoms with Crippen LogP contribution >= 0.6 is 0 Å². The number of phenols is 3. The van der Waals surface area contributed by atoms with Crippen LogP contribution in [0.3, 0.4) is 0 Å². The molecule has 3 heteroatoms. The quantitative estimate of drug-likeness (QED) is 0.283. The third-order valence-electron chi connectivity index (χ3n) is 7.30. The van der Waals surface area contributed by atoms with E-state index in [-0.39, 0.29) is 16.9 Å². The fraction of sp³-hybridized carbons (Fsp3) is 0.226. The molecule has 4 aromatic carbocycles. The van der Waals surface area contributed by atoms with Gasteiger partial charge in [-0.15, -0.1) is 0 Å². The van der Waals surface area contributed by atoms with Gasteiger partial charge in [0.1, 0.15) is 17.2 Å². The molecule has 4 aromatic rings. The fourth-order valence-electron chi connectivity index (χ4n) is 5.06. The third-order valence-corrected chi connectivity index (χ3v) is 7.30. The Hall–Kier alpha value is -3.72. The van der Waals surface area contributed by atoms with E-state index >= 15 is 0 Å². The molecule has 1 unspecified atom stereocenters. The van der Waals surface area contributed by atoms with Crippen molar-refractivity contribution in [3.63, 3.8) is 0 Å². The molecule has 0 heterocycles. The molecule has 0 aliphatic rings. The van der Waals surface area contributed by atoms with Gasteiger partial charge in [0.05, 0.1) is 0 Å². The van der Waals surface area contributed by atoms with Crippen LogP contribution in [-0.4, -0.2) is 15.3 Å². The summed E-state index contributed by atoms with van der Waals surface area (Å²) >= 11 is 0. The third kappa shape index (κ3) is 3.81. The molecule has 0 saturated carbocycles. The van der Waals surface area contributed by atoms with E-state index in [9.17, 15) is 15.3 Å². The number of aryl methyl sites for hydroxylation is 2. The molecule has 0 aliphatic carbocycles. The Morgan fingerprint density at radius 3 is 1.74 bits per heavy atom. The van der Waals surface area contributed by atoms with E-state index in [4.69, 9.17) is 0 Å². The summed E-state index contributed by atoms with van der Waals surface area (Å²) in [5.41, 5.74) is 5.51. The van der Waals surface area contributed by atoms with Crippen LogP contribution < -0.4 is 0 Å². The van der Waals surface area contributed by atoms with E-state index in [1.165, 1.54) is 0 Å². The van der Waals surface area contributed by atoms with Gasteiger partial charge >= 0.3 is 0 Å². The van der Waals surface area contributed by atoms with Crippen LogP contribution in [0.5, 0.6) is 17.2 Å². The van der Waals surface area contributed by atoms with Gasteiger partial charge in [0.15, 0.2) is 0 Å². The number of para-hydroxylation sites is 1. The highest BCUT2D eigenvalue weighted by molar-refractivity contribution is 5.60. The molecular weight excluding hydrogens is 420 g/mol. The minimum absolute atomic E-state index is 0.191. The Morgan fingerprint density at radius 1 is 0.529 bits per heavy atom. The fourth-order valence-corrected chi connectivity index (χ4v) is 5.06. The highest BCUT2D eigenvalue weighted by atomic mass is 16.3. The summed E-state index contributed by atoms with van der Waals surface area (Å²) in [6.45, 7) is 10.3. The SMILES string of the molecule is Cc1cc(C(C)(C)c2ccc(C(C)(c3ccccc3O)c3c(C)cccc3O)cc2)ccc1O. The Bertz CT molecular complexity index is 1320. The normalized spacial score (nSPS) is 13.4. The van der Waals surface area contributed by atoms with E-state index in [0.29, 0.717) is 5.75 Å². The van der Waals surface area contributed by atoms with Crippen LogP contribution in [0.1, 0.15) is 59.7 Å². The second-order valence-corrected chi connectivity index (χ2v) is 9.81. The molecule has 0 aromatic heterocycles. The molecule has 174 valence electrons. The highest BCUT2D eigenvalue weighted by Crippen LogP contribution is 2.47. The van der Waals surface area contributed by atoms with Gasteiger partial charge in [0.25, 0.3) is 0 Å². The number of hydrogen-bond donors (Lipinski definition) is 3. The molecule has 0 spiro atoms. The second-order valence-electron chi connectivity index (χ2n) is 9.81.